The second-order valence-electron chi connectivity index (χ2n) is 4.54. The summed E-state index contributed by atoms with van der Waals surface area (Å²) in [6.07, 6.45) is 5.64. The molecule has 2 bridgehead atoms. The van der Waals surface area contributed by atoms with E-state index in [4.69, 9.17) is 0 Å². The average molecular weight is 181 g/mol. The molecule has 0 radical (unpaired) electrons. The zero-order valence-electron chi connectivity index (χ0n) is 8.62. The molecule has 0 aromatic carbocycles. The first-order chi connectivity index (χ1) is 6.24. The third-order valence-electron chi connectivity index (χ3n) is 3.80. The molecule has 0 spiro atoms. The fraction of sp³-hybridized carbons (Fsp3) is 0.909. The van der Waals surface area contributed by atoms with E-state index in [1.54, 1.807) is 0 Å². The van der Waals surface area contributed by atoms with E-state index in [0.29, 0.717) is 11.8 Å². The molecule has 2 aliphatic rings. The van der Waals surface area contributed by atoms with E-state index < -0.39 is 0 Å². The van der Waals surface area contributed by atoms with Gasteiger partial charge in [0.15, 0.2) is 0 Å². The Kier molecular flexibility index (Phi) is 2.41. The summed E-state index contributed by atoms with van der Waals surface area (Å²) in [5.74, 6) is 1.28. The van der Waals surface area contributed by atoms with Crippen LogP contribution in [-0.2, 0) is 4.79 Å². The van der Waals surface area contributed by atoms with E-state index >= 15 is 0 Å². The molecule has 0 amide bonds. The van der Waals surface area contributed by atoms with Crippen LogP contribution in [0.4, 0.5) is 0 Å². The number of nitrogens with zero attached hydrogens (tertiary/aromatic N) is 1. The molecule has 2 heterocycles. The minimum atomic E-state index is 0.273. The zero-order valence-corrected chi connectivity index (χ0v) is 8.62. The maximum absolute atomic E-state index is 11.6. The van der Waals surface area contributed by atoms with Gasteiger partial charge in [-0.25, -0.2) is 0 Å². The van der Waals surface area contributed by atoms with E-state index in [0.717, 1.165) is 25.2 Å². The maximum atomic E-state index is 11.6. The molecule has 0 aromatic rings. The molecular formula is C11H19NO. The highest BCUT2D eigenvalue weighted by atomic mass is 16.1. The standard InChI is InChI=1S/C11H19NO/c1-3-4-8-7-10-11(13)6-5-9(8)12(10)2/h8-10H,3-7H2,1-2H3/t8-,9-,10-/m1/s1. The highest BCUT2D eigenvalue weighted by Crippen LogP contribution is 2.38. The smallest absolute Gasteiger partial charge is 0.150 e. The molecule has 0 saturated carbocycles. The number of likely N-dealkylation sites (N-methyl/N-ethyl adjacent to an activating group) is 1. The van der Waals surface area contributed by atoms with Crippen molar-refractivity contribution >= 4 is 5.78 Å². The minimum Gasteiger partial charge on any atom is -0.298 e. The first kappa shape index (κ1) is 9.20. The Morgan fingerprint density at radius 1 is 1.54 bits per heavy atom. The SMILES string of the molecule is CCC[C@@H]1C[C@@H]2C(=O)CC[C@H]1N2C. The number of rotatable bonds is 2. The van der Waals surface area contributed by atoms with Crippen molar-refractivity contribution < 1.29 is 4.79 Å². The first-order valence-corrected chi connectivity index (χ1v) is 5.48. The lowest BCUT2D eigenvalue weighted by Gasteiger charge is -2.31. The van der Waals surface area contributed by atoms with Crippen molar-refractivity contribution in [2.75, 3.05) is 7.05 Å². The van der Waals surface area contributed by atoms with Crippen LogP contribution in [-0.4, -0.2) is 29.8 Å². The number of hydrogen-bond donors (Lipinski definition) is 0. The number of Topliss-reactive ketones (excluding diaryl/α,β-unsaturated/α-hetero) is 1. The van der Waals surface area contributed by atoms with Gasteiger partial charge < -0.3 is 0 Å². The lowest BCUT2D eigenvalue weighted by atomic mass is 9.93. The van der Waals surface area contributed by atoms with Crippen LogP contribution in [0.3, 0.4) is 0 Å². The van der Waals surface area contributed by atoms with Crippen molar-refractivity contribution in [2.24, 2.45) is 5.92 Å². The van der Waals surface area contributed by atoms with E-state index in [2.05, 4.69) is 18.9 Å². The van der Waals surface area contributed by atoms with Gasteiger partial charge in [0.25, 0.3) is 0 Å². The number of carbonyl (C=O) groups is 1. The molecule has 0 unspecified atom stereocenters. The number of carbonyl (C=O) groups excluding carboxylic acids is 1. The van der Waals surface area contributed by atoms with Crippen LogP contribution in [0.2, 0.25) is 0 Å². The second kappa shape index (κ2) is 3.41. The summed E-state index contributed by atoms with van der Waals surface area (Å²) < 4.78 is 0. The van der Waals surface area contributed by atoms with E-state index in [-0.39, 0.29) is 6.04 Å². The van der Waals surface area contributed by atoms with Crippen molar-refractivity contribution in [2.45, 2.75) is 51.1 Å². The third-order valence-corrected chi connectivity index (χ3v) is 3.80. The number of ketones is 1. The maximum Gasteiger partial charge on any atom is 0.150 e. The summed E-state index contributed by atoms with van der Waals surface area (Å²) in [5, 5.41) is 0. The number of piperidine rings is 1. The lowest BCUT2D eigenvalue weighted by Crippen LogP contribution is -2.43. The first-order valence-electron chi connectivity index (χ1n) is 5.48. The van der Waals surface area contributed by atoms with Crippen LogP contribution in [0.15, 0.2) is 0 Å². The Bertz CT molecular complexity index is 214. The van der Waals surface area contributed by atoms with Crippen molar-refractivity contribution in [1.29, 1.82) is 0 Å². The molecule has 2 saturated heterocycles. The van der Waals surface area contributed by atoms with Gasteiger partial charge >= 0.3 is 0 Å². The van der Waals surface area contributed by atoms with E-state index in [1.165, 1.54) is 12.8 Å². The van der Waals surface area contributed by atoms with Gasteiger partial charge in [-0.2, -0.15) is 0 Å². The van der Waals surface area contributed by atoms with Gasteiger partial charge in [0.1, 0.15) is 5.78 Å². The highest BCUT2D eigenvalue weighted by Gasteiger charge is 2.44. The monoisotopic (exact) mass is 181 g/mol. The Balaban J connectivity index is 2.09. The molecule has 2 heteroatoms. The number of fused-ring (bicyclic) bond motifs is 2. The number of hydrogen-bond acceptors (Lipinski definition) is 2. The summed E-state index contributed by atoms with van der Waals surface area (Å²) in [5.41, 5.74) is 0. The van der Waals surface area contributed by atoms with Gasteiger partial charge in [0.05, 0.1) is 6.04 Å². The van der Waals surface area contributed by atoms with Gasteiger partial charge in [0, 0.05) is 12.5 Å². The van der Waals surface area contributed by atoms with Crippen molar-refractivity contribution in [1.82, 2.24) is 4.90 Å². The van der Waals surface area contributed by atoms with Crippen LogP contribution in [0.5, 0.6) is 0 Å². The van der Waals surface area contributed by atoms with Gasteiger partial charge in [-0.1, -0.05) is 13.3 Å². The zero-order chi connectivity index (χ0) is 9.42. The fourth-order valence-corrected chi connectivity index (χ4v) is 3.11. The second-order valence-corrected chi connectivity index (χ2v) is 4.54. The quantitative estimate of drug-likeness (QED) is 0.648. The summed E-state index contributed by atoms with van der Waals surface area (Å²) in [4.78, 5) is 13.9. The Labute approximate surface area is 80.3 Å². The Morgan fingerprint density at radius 3 is 2.92 bits per heavy atom. The lowest BCUT2D eigenvalue weighted by molar-refractivity contribution is -0.125. The van der Waals surface area contributed by atoms with Crippen LogP contribution >= 0.6 is 0 Å². The fourth-order valence-electron chi connectivity index (χ4n) is 3.11. The molecule has 2 nitrogen and oxygen atoms in total. The predicted octanol–water partition coefficient (Wildman–Crippen LogP) is 1.84. The van der Waals surface area contributed by atoms with Gasteiger partial charge in [-0.05, 0) is 32.2 Å². The average Bonchev–Trinajstić information content (AvgIpc) is 2.29. The minimum absolute atomic E-state index is 0.273. The van der Waals surface area contributed by atoms with Crippen LogP contribution in [0.25, 0.3) is 0 Å². The molecular weight excluding hydrogens is 162 g/mol. The van der Waals surface area contributed by atoms with Gasteiger partial charge in [-0.15, -0.1) is 0 Å². The summed E-state index contributed by atoms with van der Waals surface area (Å²) in [6.45, 7) is 2.24. The van der Waals surface area contributed by atoms with Crippen LogP contribution < -0.4 is 0 Å². The van der Waals surface area contributed by atoms with Crippen LogP contribution in [0.1, 0.15) is 39.0 Å². The molecule has 0 N–H and O–H groups in total. The van der Waals surface area contributed by atoms with Gasteiger partial charge in [0.2, 0.25) is 0 Å². The molecule has 2 rings (SSSR count). The topological polar surface area (TPSA) is 20.3 Å². The molecule has 13 heavy (non-hydrogen) atoms. The summed E-state index contributed by atoms with van der Waals surface area (Å²) in [7, 11) is 2.13. The van der Waals surface area contributed by atoms with Crippen molar-refractivity contribution in [3.05, 3.63) is 0 Å². The van der Waals surface area contributed by atoms with E-state index in [1.807, 2.05) is 0 Å². The van der Waals surface area contributed by atoms with Crippen molar-refractivity contribution in [3.63, 3.8) is 0 Å². The van der Waals surface area contributed by atoms with E-state index in [9.17, 15) is 4.79 Å². The molecule has 0 aromatic heterocycles. The Morgan fingerprint density at radius 2 is 2.31 bits per heavy atom. The molecule has 74 valence electrons. The molecule has 0 aliphatic carbocycles. The molecule has 2 fully saturated rings. The van der Waals surface area contributed by atoms with Gasteiger partial charge in [-0.3, -0.25) is 9.69 Å². The largest absolute Gasteiger partial charge is 0.298 e. The highest BCUT2D eigenvalue weighted by molar-refractivity contribution is 5.85. The van der Waals surface area contributed by atoms with Crippen molar-refractivity contribution in [3.8, 4) is 0 Å². The summed E-state index contributed by atoms with van der Waals surface area (Å²) in [6, 6.07) is 0.984. The summed E-state index contributed by atoms with van der Waals surface area (Å²) >= 11 is 0. The van der Waals surface area contributed by atoms with Crippen LogP contribution in [0, 0.1) is 5.92 Å². The Hall–Kier alpha value is -0.370. The molecule has 2 aliphatic heterocycles. The molecule has 3 atom stereocenters. The normalized spacial score (nSPS) is 39.8. The predicted molar refractivity (Wildman–Crippen MR) is 52.6 cm³/mol. The third kappa shape index (κ3) is 1.41.